The largest absolute Gasteiger partial charge is 0.379 e. The average molecular weight is 300 g/mol. The standard InChI is InChI=1S/C17H20N2OS/c1-12-10-14(13(2)21-12)11-18-15-6-3-4-7-16(15)19-9-5-8-17(19)20/h3-4,6-7,10,18H,5,8-9,11H2,1-2H3. The van der Waals surface area contributed by atoms with Crippen LogP contribution in [-0.2, 0) is 11.3 Å². The van der Waals surface area contributed by atoms with Gasteiger partial charge in [-0.3, -0.25) is 4.79 Å². The van der Waals surface area contributed by atoms with Crippen LogP contribution < -0.4 is 10.2 Å². The second-order valence-corrected chi connectivity index (χ2v) is 6.92. The van der Waals surface area contributed by atoms with E-state index in [-0.39, 0.29) is 5.91 Å². The number of carbonyl (C=O) groups is 1. The number of hydrogen-bond acceptors (Lipinski definition) is 3. The van der Waals surface area contributed by atoms with Crippen LogP contribution in [0.15, 0.2) is 30.3 Å². The van der Waals surface area contributed by atoms with Gasteiger partial charge >= 0.3 is 0 Å². The van der Waals surface area contributed by atoms with Gasteiger partial charge in [-0.25, -0.2) is 0 Å². The molecule has 1 aromatic heterocycles. The van der Waals surface area contributed by atoms with Crippen molar-refractivity contribution in [3.8, 4) is 0 Å². The van der Waals surface area contributed by atoms with Gasteiger partial charge in [-0.05, 0) is 44.0 Å². The van der Waals surface area contributed by atoms with E-state index in [0.29, 0.717) is 6.42 Å². The van der Waals surface area contributed by atoms with Crippen molar-refractivity contribution in [2.75, 3.05) is 16.8 Å². The van der Waals surface area contributed by atoms with E-state index in [1.54, 1.807) is 0 Å². The number of benzene rings is 1. The molecule has 3 rings (SSSR count). The van der Waals surface area contributed by atoms with Gasteiger partial charge in [0, 0.05) is 29.3 Å². The third kappa shape index (κ3) is 2.95. The Bertz CT molecular complexity index is 663. The van der Waals surface area contributed by atoms with Gasteiger partial charge in [0.15, 0.2) is 0 Å². The van der Waals surface area contributed by atoms with Gasteiger partial charge in [-0.2, -0.15) is 0 Å². The molecule has 0 radical (unpaired) electrons. The van der Waals surface area contributed by atoms with Crippen LogP contribution >= 0.6 is 11.3 Å². The van der Waals surface area contributed by atoms with Crippen molar-refractivity contribution in [2.45, 2.75) is 33.2 Å². The lowest BCUT2D eigenvalue weighted by molar-refractivity contribution is -0.117. The molecule has 0 atom stereocenters. The SMILES string of the molecule is Cc1cc(CNc2ccccc2N2CCCC2=O)c(C)s1. The van der Waals surface area contributed by atoms with Gasteiger partial charge in [0.1, 0.15) is 0 Å². The fraction of sp³-hybridized carbons (Fsp3) is 0.353. The highest BCUT2D eigenvalue weighted by Gasteiger charge is 2.23. The Kier molecular flexibility index (Phi) is 3.97. The normalized spacial score (nSPS) is 14.8. The lowest BCUT2D eigenvalue weighted by Gasteiger charge is -2.20. The van der Waals surface area contributed by atoms with Crippen molar-refractivity contribution in [3.63, 3.8) is 0 Å². The van der Waals surface area contributed by atoms with Crippen molar-refractivity contribution in [3.05, 3.63) is 45.6 Å². The number of para-hydroxylation sites is 2. The first-order chi connectivity index (χ1) is 10.1. The maximum Gasteiger partial charge on any atom is 0.227 e. The highest BCUT2D eigenvalue weighted by molar-refractivity contribution is 7.12. The van der Waals surface area contributed by atoms with Crippen LogP contribution in [-0.4, -0.2) is 12.5 Å². The van der Waals surface area contributed by atoms with Gasteiger partial charge < -0.3 is 10.2 Å². The molecule has 0 saturated carbocycles. The number of aryl methyl sites for hydroxylation is 2. The highest BCUT2D eigenvalue weighted by atomic mass is 32.1. The van der Waals surface area contributed by atoms with E-state index >= 15 is 0 Å². The molecule has 0 aliphatic carbocycles. The molecule has 2 heterocycles. The minimum absolute atomic E-state index is 0.229. The zero-order valence-corrected chi connectivity index (χ0v) is 13.3. The first-order valence-corrected chi connectivity index (χ1v) is 8.16. The van der Waals surface area contributed by atoms with Crippen molar-refractivity contribution in [1.29, 1.82) is 0 Å². The summed E-state index contributed by atoms with van der Waals surface area (Å²) in [6, 6.07) is 10.3. The number of thiophene rings is 1. The molecule has 1 aliphatic rings. The molecular weight excluding hydrogens is 280 g/mol. The number of rotatable bonds is 4. The van der Waals surface area contributed by atoms with Crippen molar-refractivity contribution in [1.82, 2.24) is 0 Å². The summed E-state index contributed by atoms with van der Waals surface area (Å²) in [7, 11) is 0. The van der Waals surface area contributed by atoms with E-state index < -0.39 is 0 Å². The second-order valence-electron chi connectivity index (χ2n) is 5.46. The van der Waals surface area contributed by atoms with E-state index in [1.807, 2.05) is 34.4 Å². The minimum atomic E-state index is 0.229. The number of anilines is 2. The molecule has 1 amide bonds. The summed E-state index contributed by atoms with van der Waals surface area (Å²) in [5.74, 6) is 0.229. The molecule has 1 aliphatic heterocycles. The van der Waals surface area contributed by atoms with Crippen LogP contribution in [0.25, 0.3) is 0 Å². The van der Waals surface area contributed by atoms with Crippen LogP contribution in [0.5, 0.6) is 0 Å². The van der Waals surface area contributed by atoms with E-state index in [0.717, 1.165) is 30.9 Å². The maximum absolute atomic E-state index is 12.0. The topological polar surface area (TPSA) is 32.3 Å². The monoisotopic (exact) mass is 300 g/mol. The van der Waals surface area contributed by atoms with E-state index in [4.69, 9.17) is 0 Å². The summed E-state index contributed by atoms with van der Waals surface area (Å²) in [5.41, 5.74) is 3.38. The molecule has 0 spiro atoms. The number of nitrogens with one attached hydrogen (secondary N) is 1. The first-order valence-electron chi connectivity index (χ1n) is 7.34. The second kappa shape index (κ2) is 5.90. The number of amides is 1. The third-order valence-corrected chi connectivity index (χ3v) is 4.89. The lowest BCUT2D eigenvalue weighted by Crippen LogP contribution is -2.24. The zero-order chi connectivity index (χ0) is 14.8. The zero-order valence-electron chi connectivity index (χ0n) is 12.5. The van der Waals surface area contributed by atoms with Gasteiger partial charge in [0.2, 0.25) is 5.91 Å². The number of carbonyl (C=O) groups excluding carboxylic acids is 1. The van der Waals surface area contributed by atoms with E-state index in [2.05, 4.69) is 31.3 Å². The fourth-order valence-electron chi connectivity index (χ4n) is 2.81. The highest BCUT2D eigenvalue weighted by Crippen LogP contribution is 2.30. The van der Waals surface area contributed by atoms with E-state index in [1.165, 1.54) is 15.3 Å². The van der Waals surface area contributed by atoms with Crippen LogP contribution in [0.1, 0.15) is 28.2 Å². The molecule has 1 fully saturated rings. The molecule has 1 saturated heterocycles. The van der Waals surface area contributed by atoms with Crippen molar-refractivity contribution >= 4 is 28.6 Å². The summed E-state index contributed by atoms with van der Waals surface area (Å²) in [5, 5.41) is 3.49. The molecule has 2 aromatic rings. The van der Waals surface area contributed by atoms with Crippen molar-refractivity contribution in [2.24, 2.45) is 0 Å². The van der Waals surface area contributed by atoms with Crippen LogP contribution in [0, 0.1) is 13.8 Å². The van der Waals surface area contributed by atoms with Crippen LogP contribution in [0.3, 0.4) is 0 Å². The summed E-state index contributed by atoms with van der Waals surface area (Å²) in [4.78, 5) is 16.6. The average Bonchev–Trinajstić information content (AvgIpc) is 3.02. The predicted molar refractivity (Wildman–Crippen MR) is 89.1 cm³/mol. The Morgan fingerprint density at radius 1 is 1.29 bits per heavy atom. The molecular formula is C17H20N2OS. The van der Waals surface area contributed by atoms with Gasteiger partial charge in [-0.15, -0.1) is 11.3 Å². The molecule has 1 N–H and O–H groups in total. The summed E-state index contributed by atoms with van der Waals surface area (Å²) >= 11 is 1.83. The molecule has 4 heteroatoms. The predicted octanol–water partition coefficient (Wildman–Crippen LogP) is 4.10. The molecule has 1 aromatic carbocycles. The summed E-state index contributed by atoms with van der Waals surface area (Å²) < 4.78 is 0. The molecule has 0 unspecified atom stereocenters. The summed E-state index contributed by atoms with van der Waals surface area (Å²) in [6.45, 7) is 5.92. The van der Waals surface area contributed by atoms with Crippen molar-refractivity contribution < 1.29 is 4.79 Å². The minimum Gasteiger partial charge on any atom is -0.379 e. The number of nitrogens with zero attached hydrogens (tertiary/aromatic N) is 1. The lowest BCUT2D eigenvalue weighted by atomic mass is 10.2. The molecule has 21 heavy (non-hydrogen) atoms. The van der Waals surface area contributed by atoms with Gasteiger partial charge in [0.25, 0.3) is 0 Å². The Morgan fingerprint density at radius 3 is 2.76 bits per heavy atom. The third-order valence-electron chi connectivity index (χ3n) is 3.88. The maximum atomic E-state index is 12.0. The van der Waals surface area contributed by atoms with Gasteiger partial charge in [-0.1, -0.05) is 12.1 Å². The fourth-order valence-corrected chi connectivity index (χ4v) is 3.76. The summed E-state index contributed by atoms with van der Waals surface area (Å²) in [6.07, 6.45) is 1.62. The Morgan fingerprint density at radius 2 is 2.10 bits per heavy atom. The molecule has 110 valence electrons. The Labute approximate surface area is 129 Å². The Hall–Kier alpha value is -1.81. The molecule has 3 nitrogen and oxygen atoms in total. The first kappa shape index (κ1) is 14.1. The smallest absolute Gasteiger partial charge is 0.227 e. The number of hydrogen-bond donors (Lipinski definition) is 1. The van der Waals surface area contributed by atoms with Crippen LogP contribution in [0.4, 0.5) is 11.4 Å². The van der Waals surface area contributed by atoms with Gasteiger partial charge in [0.05, 0.1) is 11.4 Å². The quantitative estimate of drug-likeness (QED) is 0.922. The van der Waals surface area contributed by atoms with E-state index in [9.17, 15) is 4.79 Å². The molecule has 0 bridgehead atoms. The van der Waals surface area contributed by atoms with Crippen LogP contribution in [0.2, 0.25) is 0 Å². The Balaban J connectivity index is 1.79.